The average molecular weight is 125 g/mol. The molecule has 0 unspecified atom stereocenters. The maximum absolute atomic E-state index is 11.0. The Bertz CT molecular complexity index is 166. The SMILES string of the molecule is N[C@]12CC[C@@H](CC1=O)C2. The topological polar surface area (TPSA) is 43.1 Å². The molecular weight excluding hydrogens is 114 g/mol. The summed E-state index contributed by atoms with van der Waals surface area (Å²) in [5.41, 5.74) is 5.42. The summed E-state index contributed by atoms with van der Waals surface area (Å²) < 4.78 is 0. The van der Waals surface area contributed by atoms with E-state index >= 15 is 0 Å². The normalized spacial score (nSPS) is 48.6. The lowest BCUT2D eigenvalue weighted by Gasteiger charge is -2.17. The molecule has 50 valence electrons. The largest absolute Gasteiger partial charge is 0.319 e. The molecule has 0 spiro atoms. The van der Waals surface area contributed by atoms with Crippen molar-refractivity contribution in [3.63, 3.8) is 0 Å². The van der Waals surface area contributed by atoms with Gasteiger partial charge in [0.25, 0.3) is 0 Å². The van der Waals surface area contributed by atoms with Crippen molar-refractivity contribution in [3.05, 3.63) is 0 Å². The van der Waals surface area contributed by atoms with Crippen molar-refractivity contribution in [1.29, 1.82) is 0 Å². The molecule has 0 aromatic heterocycles. The number of Topliss-reactive ketones (excluding diaryl/α,β-unsaturated/α-hetero) is 1. The van der Waals surface area contributed by atoms with E-state index < -0.39 is 0 Å². The molecule has 2 saturated carbocycles. The molecule has 2 heteroatoms. The van der Waals surface area contributed by atoms with Gasteiger partial charge in [-0.3, -0.25) is 4.79 Å². The van der Waals surface area contributed by atoms with Crippen LogP contribution in [0.4, 0.5) is 0 Å². The molecule has 2 aliphatic rings. The predicted molar refractivity (Wildman–Crippen MR) is 33.9 cm³/mol. The van der Waals surface area contributed by atoms with E-state index in [1.54, 1.807) is 0 Å². The molecule has 0 aromatic carbocycles. The van der Waals surface area contributed by atoms with Gasteiger partial charge in [0, 0.05) is 6.42 Å². The quantitative estimate of drug-likeness (QED) is 0.511. The number of nitrogens with two attached hydrogens (primary N) is 1. The Balaban J connectivity index is 2.32. The highest BCUT2D eigenvalue weighted by Gasteiger charge is 2.48. The maximum Gasteiger partial charge on any atom is 0.152 e. The van der Waals surface area contributed by atoms with Gasteiger partial charge in [0.1, 0.15) is 0 Å². The third-order valence-corrected chi connectivity index (χ3v) is 2.68. The van der Waals surface area contributed by atoms with Crippen LogP contribution in [0.25, 0.3) is 0 Å². The van der Waals surface area contributed by atoms with E-state index in [1.165, 1.54) is 6.42 Å². The highest BCUT2D eigenvalue weighted by Crippen LogP contribution is 2.43. The van der Waals surface area contributed by atoms with Crippen molar-refractivity contribution in [2.45, 2.75) is 31.2 Å². The Morgan fingerprint density at radius 1 is 1.67 bits per heavy atom. The second-order valence-corrected chi connectivity index (χ2v) is 3.39. The van der Waals surface area contributed by atoms with Crippen LogP contribution in [0.2, 0.25) is 0 Å². The first-order chi connectivity index (χ1) is 4.21. The van der Waals surface area contributed by atoms with Gasteiger partial charge < -0.3 is 5.73 Å². The molecule has 2 bridgehead atoms. The number of ketones is 1. The van der Waals surface area contributed by atoms with Gasteiger partial charge in [-0.05, 0) is 25.2 Å². The number of carbonyl (C=O) groups excluding carboxylic acids is 1. The Hall–Kier alpha value is -0.370. The molecule has 0 radical (unpaired) electrons. The average Bonchev–Trinajstić information content (AvgIpc) is 2.22. The lowest BCUT2D eigenvalue weighted by Crippen LogP contribution is -2.42. The second kappa shape index (κ2) is 1.37. The van der Waals surface area contributed by atoms with Crippen LogP contribution < -0.4 is 5.73 Å². The first kappa shape index (κ1) is 5.42. The van der Waals surface area contributed by atoms with Gasteiger partial charge in [0.05, 0.1) is 5.54 Å². The molecule has 0 heterocycles. The number of hydrogen-bond acceptors (Lipinski definition) is 2. The van der Waals surface area contributed by atoms with Gasteiger partial charge in [-0.1, -0.05) is 0 Å². The fourth-order valence-electron chi connectivity index (χ4n) is 2.07. The fourth-order valence-corrected chi connectivity index (χ4v) is 2.07. The van der Waals surface area contributed by atoms with Crippen LogP contribution in [0.3, 0.4) is 0 Å². The fraction of sp³-hybridized carbons (Fsp3) is 0.857. The zero-order valence-corrected chi connectivity index (χ0v) is 5.39. The minimum absolute atomic E-state index is 0.304. The van der Waals surface area contributed by atoms with Crippen LogP contribution in [-0.4, -0.2) is 11.3 Å². The number of rotatable bonds is 0. The molecule has 0 aromatic rings. The number of hydrogen-bond donors (Lipinski definition) is 1. The Morgan fingerprint density at radius 2 is 2.44 bits per heavy atom. The van der Waals surface area contributed by atoms with Crippen LogP contribution in [0, 0.1) is 5.92 Å². The Labute approximate surface area is 54.4 Å². The van der Waals surface area contributed by atoms with Crippen molar-refractivity contribution in [3.8, 4) is 0 Å². The van der Waals surface area contributed by atoms with Crippen molar-refractivity contribution >= 4 is 5.78 Å². The summed E-state index contributed by atoms with van der Waals surface area (Å²) in [6.07, 6.45) is 3.85. The molecule has 2 rings (SSSR count). The molecule has 2 atom stereocenters. The highest BCUT2D eigenvalue weighted by atomic mass is 16.1. The summed E-state index contributed by atoms with van der Waals surface area (Å²) in [6.45, 7) is 0. The van der Waals surface area contributed by atoms with Gasteiger partial charge >= 0.3 is 0 Å². The molecule has 2 N–H and O–H groups in total. The Morgan fingerprint density at radius 3 is 2.67 bits per heavy atom. The minimum Gasteiger partial charge on any atom is -0.319 e. The third-order valence-electron chi connectivity index (χ3n) is 2.68. The number of fused-ring (bicyclic) bond motifs is 2. The second-order valence-electron chi connectivity index (χ2n) is 3.39. The van der Waals surface area contributed by atoms with Gasteiger partial charge in [0.15, 0.2) is 5.78 Å². The van der Waals surface area contributed by atoms with Crippen molar-refractivity contribution in [2.75, 3.05) is 0 Å². The standard InChI is InChI=1S/C7H11NO/c8-7-2-1-5(4-7)3-6(7)9/h5H,1-4,8H2/t5-,7-/m0/s1. The van der Waals surface area contributed by atoms with Crippen molar-refractivity contribution in [2.24, 2.45) is 11.7 Å². The summed E-state index contributed by atoms with van der Waals surface area (Å²) in [6, 6.07) is 0. The van der Waals surface area contributed by atoms with E-state index in [4.69, 9.17) is 5.73 Å². The summed E-state index contributed by atoms with van der Waals surface area (Å²) >= 11 is 0. The summed E-state index contributed by atoms with van der Waals surface area (Å²) in [5, 5.41) is 0. The highest BCUT2D eigenvalue weighted by molar-refractivity contribution is 5.91. The molecule has 2 nitrogen and oxygen atoms in total. The number of carbonyl (C=O) groups is 1. The summed E-state index contributed by atoms with van der Waals surface area (Å²) in [7, 11) is 0. The molecule has 2 aliphatic carbocycles. The minimum atomic E-state index is -0.370. The monoisotopic (exact) mass is 125 g/mol. The molecular formula is C7H11NO. The van der Waals surface area contributed by atoms with Gasteiger partial charge in [0.2, 0.25) is 0 Å². The van der Waals surface area contributed by atoms with Gasteiger partial charge in [-0.2, -0.15) is 0 Å². The summed E-state index contributed by atoms with van der Waals surface area (Å²) in [4.78, 5) is 11.0. The van der Waals surface area contributed by atoms with E-state index in [-0.39, 0.29) is 5.54 Å². The molecule has 0 aliphatic heterocycles. The molecule has 2 fully saturated rings. The van der Waals surface area contributed by atoms with Crippen LogP contribution in [-0.2, 0) is 4.79 Å². The van der Waals surface area contributed by atoms with Crippen LogP contribution in [0.1, 0.15) is 25.7 Å². The lowest BCUT2D eigenvalue weighted by molar-refractivity contribution is -0.122. The molecule has 0 saturated heterocycles. The van der Waals surface area contributed by atoms with Crippen LogP contribution in [0.5, 0.6) is 0 Å². The third kappa shape index (κ3) is 0.568. The van der Waals surface area contributed by atoms with E-state index in [0.717, 1.165) is 19.3 Å². The lowest BCUT2D eigenvalue weighted by atomic mass is 9.94. The maximum atomic E-state index is 11.0. The molecule has 9 heavy (non-hydrogen) atoms. The van der Waals surface area contributed by atoms with Crippen LogP contribution in [0.15, 0.2) is 0 Å². The van der Waals surface area contributed by atoms with E-state index in [0.29, 0.717) is 11.7 Å². The van der Waals surface area contributed by atoms with Crippen molar-refractivity contribution < 1.29 is 4.79 Å². The van der Waals surface area contributed by atoms with Crippen LogP contribution >= 0.6 is 0 Å². The summed E-state index contributed by atoms with van der Waals surface area (Å²) in [5.74, 6) is 0.946. The van der Waals surface area contributed by atoms with Gasteiger partial charge in [-0.15, -0.1) is 0 Å². The first-order valence-corrected chi connectivity index (χ1v) is 3.53. The molecule has 0 amide bonds. The van der Waals surface area contributed by atoms with E-state index in [9.17, 15) is 4.79 Å². The Kier molecular flexibility index (Phi) is 0.826. The zero-order valence-electron chi connectivity index (χ0n) is 5.39. The smallest absolute Gasteiger partial charge is 0.152 e. The predicted octanol–water partition coefficient (Wildman–Crippen LogP) is 0.457. The zero-order chi connectivity index (χ0) is 6.48. The van der Waals surface area contributed by atoms with Crippen molar-refractivity contribution in [1.82, 2.24) is 0 Å². The van der Waals surface area contributed by atoms with Gasteiger partial charge in [-0.25, -0.2) is 0 Å². The van der Waals surface area contributed by atoms with E-state index in [1.807, 2.05) is 0 Å². The van der Waals surface area contributed by atoms with E-state index in [2.05, 4.69) is 0 Å². The first-order valence-electron chi connectivity index (χ1n) is 3.53.